The fraction of sp³-hybridized carbons (Fsp3) is 0.192. The molecular weight excluding hydrogens is 460 g/mol. The zero-order chi connectivity index (χ0) is 23.8. The molecule has 0 aliphatic carbocycles. The quantitative estimate of drug-likeness (QED) is 0.371. The van der Waals surface area contributed by atoms with Crippen LogP contribution in [0.25, 0.3) is 28.0 Å². The van der Waals surface area contributed by atoms with Crippen LogP contribution in [0, 0.1) is 6.92 Å². The van der Waals surface area contributed by atoms with E-state index in [9.17, 15) is 0 Å². The van der Waals surface area contributed by atoms with E-state index in [1.165, 1.54) is 0 Å². The van der Waals surface area contributed by atoms with Crippen molar-refractivity contribution in [3.8, 4) is 16.9 Å². The van der Waals surface area contributed by atoms with E-state index in [1.807, 2.05) is 55.6 Å². The van der Waals surface area contributed by atoms with Gasteiger partial charge < -0.3 is 9.80 Å². The van der Waals surface area contributed by atoms with Crippen molar-refractivity contribution in [1.29, 1.82) is 0 Å². The van der Waals surface area contributed by atoms with E-state index in [2.05, 4.69) is 48.0 Å². The molecule has 9 heteroatoms. The third kappa shape index (κ3) is 4.17. The Morgan fingerprint density at radius 2 is 1.63 bits per heavy atom. The van der Waals surface area contributed by atoms with Crippen LogP contribution in [0.1, 0.15) is 5.82 Å². The molecule has 0 atom stereocenters. The minimum Gasteiger partial charge on any atom is -0.353 e. The smallest absolute Gasteiger partial charge is 0.168 e. The standard InChI is InChI=1S/C26H23ClN8/c1-18-31-23(19-6-3-2-4-7-19)15-24(32-18)33-10-12-34(13-11-33)25-22-16-30-35(26(22)29-17-28-25)21-9-5-8-20(27)14-21/h2-9,14-17H,10-13H2,1H3. The highest BCUT2D eigenvalue weighted by Crippen LogP contribution is 2.28. The maximum Gasteiger partial charge on any atom is 0.168 e. The van der Waals surface area contributed by atoms with Gasteiger partial charge in [-0.25, -0.2) is 24.6 Å². The summed E-state index contributed by atoms with van der Waals surface area (Å²) in [7, 11) is 0. The number of anilines is 2. The molecule has 1 aliphatic rings. The van der Waals surface area contributed by atoms with Crippen molar-refractivity contribution in [2.75, 3.05) is 36.0 Å². The minimum absolute atomic E-state index is 0.659. The van der Waals surface area contributed by atoms with E-state index in [0.29, 0.717) is 5.02 Å². The second kappa shape index (κ2) is 8.96. The van der Waals surface area contributed by atoms with Gasteiger partial charge in [-0.3, -0.25) is 0 Å². The number of aryl methyl sites for hydroxylation is 1. The van der Waals surface area contributed by atoms with Crippen molar-refractivity contribution in [3.63, 3.8) is 0 Å². The Morgan fingerprint density at radius 1 is 0.829 bits per heavy atom. The predicted octanol–water partition coefficient (Wildman–Crippen LogP) is 4.56. The maximum absolute atomic E-state index is 6.19. The van der Waals surface area contributed by atoms with E-state index < -0.39 is 0 Å². The maximum atomic E-state index is 6.19. The molecule has 4 heterocycles. The molecule has 0 radical (unpaired) electrons. The summed E-state index contributed by atoms with van der Waals surface area (Å²) in [5.41, 5.74) is 3.67. The summed E-state index contributed by atoms with van der Waals surface area (Å²) in [5.74, 6) is 2.62. The van der Waals surface area contributed by atoms with Gasteiger partial charge in [0, 0.05) is 42.8 Å². The van der Waals surface area contributed by atoms with E-state index in [0.717, 1.165) is 71.6 Å². The number of aromatic nitrogens is 6. The van der Waals surface area contributed by atoms with Crippen molar-refractivity contribution in [1.82, 2.24) is 29.7 Å². The first-order chi connectivity index (χ1) is 17.2. The first-order valence-electron chi connectivity index (χ1n) is 11.5. The van der Waals surface area contributed by atoms with Crippen LogP contribution in [0.2, 0.25) is 5.02 Å². The minimum atomic E-state index is 0.659. The molecule has 3 aromatic heterocycles. The summed E-state index contributed by atoms with van der Waals surface area (Å²) in [6.45, 7) is 5.25. The summed E-state index contributed by atoms with van der Waals surface area (Å²) >= 11 is 6.19. The first-order valence-corrected chi connectivity index (χ1v) is 11.9. The van der Waals surface area contributed by atoms with Gasteiger partial charge >= 0.3 is 0 Å². The third-order valence-electron chi connectivity index (χ3n) is 6.19. The SMILES string of the molecule is Cc1nc(-c2ccccc2)cc(N2CCN(c3ncnc4c3cnn4-c3cccc(Cl)c3)CC2)n1. The second-order valence-electron chi connectivity index (χ2n) is 8.47. The zero-order valence-electron chi connectivity index (χ0n) is 19.2. The molecule has 0 saturated carbocycles. The van der Waals surface area contributed by atoms with Crippen molar-refractivity contribution >= 4 is 34.3 Å². The third-order valence-corrected chi connectivity index (χ3v) is 6.43. The number of hydrogen-bond acceptors (Lipinski definition) is 7. The fourth-order valence-corrected chi connectivity index (χ4v) is 4.68. The van der Waals surface area contributed by atoms with Crippen LogP contribution in [-0.4, -0.2) is 55.9 Å². The molecule has 0 bridgehead atoms. The highest BCUT2D eigenvalue weighted by molar-refractivity contribution is 6.30. The predicted molar refractivity (Wildman–Crippen MR) is 138 cm³/mol. The second-order valence-corrected chi connectivity index (χ2v) is 8.91. The topological polar surface area (TPSA) is 75.9 Å². The van der Waals surface area contributed by atoms with Crippen LogP contribution in [0.3, 0.4) is 0 Å². The molecule has 1 fully saturated rings. The number of piperazine rings is 1. The van der Waals surface area contributed by atoms with Gasteiger partial charge in [0.05, 0.1) is 23.0 Å². The van der Waals surface area contributed by atoms with Crippen molar-refractivity contribution in [3.05, 3.63) is 84.0 Å². The fourth-order valence-electron chi connectivity index (χ4n) is 4.50. The summed E-state index contributed by atoms with van der Waals surface area (Å²) in [5, 5.41) is 6.16. The first kappa shape index (κ1) is 21.5. The summed E-state index contributed by atoms with van der Waals surface area (Å²) < 4.78 is 1.80. The van der Waals surface area contributed by atoms with Gasteiger partial charge in [-0.1, -0.05) is 48.0 Å². The number of nitrogens with zero attached hydrogens (tertiary/aromatic N) is 8. The lowest BCUT2D eigenvalue weighted by molar-refractivity contribution is 0.641. The Labute approximate surface area is 207 Å². The van der Waals surface area contributed by atoms with Gasteiger partial charge in [-0.05, 0) is 25.1 Å². The Hall–Kier alpha value is -4.04. The van der Waals surface area contributed by atoms with Gasteiger partial charge in [0.15, 0.2) is 5.65 Å². The van der Waals surface area contributed by atoms with Crippen molar-refractivity contribution < 1.29 is 0 Å². The lowest BCUT2D eigenvalue weighted by Crippen LogP contribution is -2.47. The molecule has 0 unspecified atom stereocenters. The zero-order valence-corrected chi connectivity index (χ0v) is 20.0. The normalized spacial score (nSPS) is 14.0. The summed E-state index contributed by atoms with van der Waals surface area (Å²) in [6.07, 6.45) is 3.44. The Balaban J connectivity index is 1.24. The number of fused-ring (bicyclic) bond motifs is 1. The van der Waals surface area contributed by atoms with Crippen LogP contribution in [-0.2, 0) is 0 Å². The molecule has 2 aromatic carbocycles. The molecule has 0 N–H and O–H groups in total. The molecule has 0 spiro atoms. The lowest BCUT2D eigenvalue weighted by atomic mass is 10.1. The molecular formula is C26H23ClN8. The number of hydrogen-bond donors (Lipinski definition) is 0. The molecule has 1 aliphatic heterocycles. The molecule has 174 valence electrons. The molecule has 0 amide bonds. The number of rotatable bonds is 4. The van der Waals surface area contributed by atoms with Crippen LogP contribution < -0.4 is 9.80 Å². The Kier molecular flexibility index (Phi) is 5.50. The average Bonchev–Trinajstić information content (AvgIpc) is 3.33. The Bertz CT molecular complexity index is 1490. The monoisotopic (exact) mass is 482 g/mol. The van der Waals surface area contributed by atoms with Gasteiger partial charge in [0.25, 0.3) is 0 Å². The highest BCUT2D eigenvalue weighted by atomic mass is 35.5. The number of halogens is 1. The van der Waals surface area contributed by atoms with E-state index in [-0.39, 0.29) is 0 Å². The summed E-state index contributed by atoms with van der Waals surface area (Å²) in [6, 6.07) is 19.9. The van der Waals surface area contributed by atoms with E-state index in [4.69, 9.17) is 16.6 Å². The van der Waals surface area contributed by atoms with Crippen LogP contribution in [0.5, 0.6) is 0 Å². The van der Waals surface area contributed by atoms with E-state index >= 15 is 0 Å². The van der Waals surface area contributed by atoms with Gasteiger partial charge in [-0.2, -0.15) is 5.10 Å². The largest absolute Gasteiger partial charge is 0.353 e. The van der Waals surface area contributed by atoms with Crippen molar-refractivity contribution in [2.45, 2.75) is 6.92 Å². The molecule has 6 rings (SSSR count). The molecule has 5 aromatic rings. The average molecular weight is 483 g/mol. The van der Waals surface area contributed by atoms with Crippen LogP contribution in [0.4, 0.5) is 11.6 Å². The number of benzene rings is 2. The highest BCUT2D eigenvalue weighted by Gasteiger charge is 2.23. The van der Waals surface area contributed by atoms with E-state index in [1.54, 1.807) is 11.0 Å². The lowest BCUT2D eigenvalue weighted by Gasteiger charge is -2.36. The van der Waals surface area contributed by atoms with Gasteiger partial charge in [-0.15, -0.1) is 0 Å². The summed E-state index contributed by atoms with van der Waals surface area (Å²) in [4.78, 5) is 23.1. The van der Waals surface area contributed by atoms with Crippen molar-refractivity contribution in [2.24, 2.45) is 0 Å². The van der Waals surface area contributed by atoms with Crippen LogP contribution >= 0.6 is 11.6 Å². The molecule has 35 heavy (non-hydrogen) atoms. The van der Waals surface area contributed by atoms with Gasteiger partial charge in [0.2, 0.25) is 0 Å². The Morgan fingerprint density at radius 3 is 2.43 bits per heavy atom. The van der Waals surface area contributed by atoms with Crippen LogP contribution in [0.15, 0.2) is 73.2 Å². The molecule has 1 saturated heterocycles. The molecule has 8 nitrogen and oxygen atoms in total. The van der Waals surface area contributed by atoms with Gasteiger partial charge in [0.1, 0.15) is 23.8 Å².